The summed E-state index contributed by atoms with van der Waals surface area (Å²) in [6.45, 7) is 7.15. The van der Waals surface area contributed by atoms with E-state index in [0.717, 1.165) is 5.69 Å². The van der Waals surface area contributed by atoms with Gasteiger partial charge in [-0.05, 0) is 12.1 Å². The topological polar surface area (TPSA) is 51.2 Å². The average Bonchev–Trinajstić information content (AvgIpc) is 2.28. The van der Waals surface area contributed by atoms with Gasteiger partial charge in [-0.3, -0.25) is 9.78 Å². The van der Waals surface area contributed by atoms with Crippen LogP contribution in [0.25, 0.3) is 0 Å². The van der Waals surface area contributed by atoms with Crippen LogP contribution in [-0.2, 0) is 10.2 Å². The third-order valence-corrected chi connectivity index (χ3v) is 2.35. The summed E-state index contributed by atoms with van der Waals surface area (Å²) in [5.41, 5.74) is 1.31. The van der Waals surface area contributed by atoms with Crippen LogP contribution >= 0.6 is 0 Å². The van der Waals surface area contributed by atoms with Gasteiger partial charge in [0.1, 0.15) is 0 Å². The molecule has 4 nitrogen and oxygen atoms in total. The molecule has 0 atom stereocenters. The van der Waals surface area contributed by atoms with Crippen molar-refractivity contribution in [2.45, 2.75) is 26.2 Å². The fraction of sp³-hybridized carbons (Fsp3) is 0.538. The van der Waals surface area contributed by atoms with E-state index in [-0.39, 0.29) is 11.3 Å². The first kappa shape index (κ1) is 13.6. The number of rotatable bonds is 4. The number of carbonyl (C=O) groups excluding carboxylic acids is 1. The van der Waals surface area contributed by atoms with Crippen molar-refractivity contribution < 1.29 is 9.53 Å². The molecule has 0 radical (unpaired) electrons. The number of ether oxygens (including phenoxy) is 1. The van der Waals surface area contributed by atoms with Crippen LogP contribution in [0.2, 0.25) is 0 Å². The molecule has 0 unspecified atom stereocenters. The van der Waals surface area contributed by atoms with E-state index in [4.69, 9.17) is 4.74 Å². The van der Waals surface area contributed by atoms with E-state index in [9.17, 15) is 4.79 Å². The second kappa shape index (κ2) is 5.77. The molecule has 1 aromatic rings. The fourth-order valence-corrected chi connectivity index (χ4v) is 1.55. The number of methoxy groups -OCH3 is 1. The summed E-state index contributed by atoms with van der Waals surface area (Å²) in [7, 11) is 1.61. The highest BCUT2D eigenvalue weighted by atomic mass is 16.5. The third-order valence-electron chi connectivity index (χ3n) is 2.35. The molecule has 0 aliphatic carbocycles. The molecular formula is C13H20N2O2. The Kier molecular flexibility index (Phi) is 4.63. The number of nitrogens with one attached hydrogen (secondary N) is 1. The van der Waals surface area contributed by atoms with Crippen molar-refractivity contribution >= 4 is 5.91 Å². The summed E-state index contributed by atoms with van der Waals surface area (Å²) in [6.07, 6.45) is 1.71. The SMILES string of the molecule is COCCNC(=O)c1cccnc1C(C)(C)C. The van der Waals surface area contributed by atoms with Crippen molar-refractivity contribution in [3.63, 3.8) is 0 Å². The van der Waals surface area contributed by atoms with E-state index in [0.29, 0.717) is 18.7 Å². The maximum atomic E-state index is 12.0. The molecule has 0 aromatic carbocycles. The van der Waals surface area contributed by atoms with E-state index in [2.05, 4.69) is 10.3 Å². The number of carbonyl (C=O) groups is 1. The zero-order valence-corrected chi connectivity index (χ0v) is 10.9. The lowest BCUT2D eigenvalue weighted by Crippen LogP contribution is -2.30. The van der Waals surface area contributed by atoms with Crippen molar-refractivity contribution in [1.82, 2.24) is 10.3 Å². The zero-order valence-electron chi connectivity index (χ0n) is 10.9. The van der Waals surface area contributed by atoms with Gasteiger partial charge in [0.15, 0.2) is 0 Å². The van der Waals surface area contributed by atoms with Gasteiger partial charge in [-0.25, -0.2) is 0 Å². The predicted octanol–water partition coefficient (Wildman–Crippen LogP) is 1.76. The summed E-state index contributed by atoms with van der Waals surface area (Å²) in [4.78, 5) is 16.3. The first-order valence-corrected chi connectivity index (χ1v) is 5.69. The largest absolute Gasteiger partial charge is 0.383 e. The predicted molar refractivity (Wildman–Crippen MR) is 67.1 cm³/mol. The van der Waals surface area contributed by atoms with Crippen LogP contribution in [0.4, 0.5) is 0 Å². The van der Waals surface area contributed by atoms with Gasteiger partial charge in [0, 0.05) is 25.3 Å². The Bertz CT molecular complexity index is 383. The molecule has 0 saturated heterocycles. The van der Waals surface area contributed by atoms with E-state index < -0.39 is 0 Å². The molecule has 0 spiro atoms. The highest BCUT2D eigenvalue weighted by Crippen LogP contribution is 2.23. The Balaban J connectivity index is 2.86. The van der Waals surface area contributed by atoms with Crippen LogP contribution in [0, 0.1) is 0 Å². The number of hydrogen-bond acceptors (Lipinski definition) is 3. The van der Waals surface area contributed by atoms with E-state index in [1.807, 2.05) is 20.8 Å². The molecule has 0 aliphatic rings. The molecule has 0 saturated carbocycles. The molecule has 1 rings (SSSR count). The lowest BCUT2D eigenvalue weighted by molar-refractivity contribution is 0.0934. The molecule has 1 aromatic heterocycles. The molecular weight excluding hydrogens is 216 g/mol. The Morgan fingerprint density at radius 1 is 1.47 bits per heavy atom. The second-order valence-corrected chi connectivity index (χ2v) is 4.90. The average molecular weight is 236 g/mol. The van der Waals surface area contributed by atoms with Crippen LogP contribution in [0.3, 0.4) is 0 Å². The van der Waals surface area contributed by atoms with Gasteiger partial charge >= 0.3 is 0 Å². The maximum absolute atomic E-state index is 12.0. The highest BCUT2D eigenvalue weighted by Gasteiger charge is 2.22. The van der Waals surface area contributed by atoms with Gasteiger partial charge < -0.3 is 10.1 Å². The summed E-state index contributed by atoms with van der Waals surface area (Å²) in [5, 5.41) is 2.81. The summed E-state index contributed by atoms with van der Waals surface area (Å²) < 4.78 is 4.90. The van der Waals surface area contributed by atoms with Gasteiger partial charge in [0.25, 0.3) is 5.91 Å². The van der Waals surface area contributed by atoms with Crippen molar-refractivity contribution in [3.8, 4) is 0 Å². The molecule has 0 aliphatic heterocycles. The minimum absolute atomic E-state index is 0.0972. The molecule has 1 N–H and O–H groups in total. The lowest BCUT2D eigenvalue weighted by atomic mass is 9.88. The van der Waals surface area contributed by atoms with Crippen molar-refractivity contribution in [1.29, 1.82) is 0 Å². The molecule has 1 amide bonds. The number of amides is 1. The second-order valence-electron chi connectivity index (χ2n) is 4.90. The molecule has 17 heavy (non-hydrogen) atoms. The van der Waals surface area contributed by atoms with Gasteiger partial charge in [-0.2, -0.15) is 0 Å². The first-order chi connectivity index (χ1) is 7.96. The Morgan fingerprint density at radius 2 is 2.18 bits per heavy atom. The van der Waals surface area contributed by atoms with Crippen LogP contribution < -0.4 is 5.32 Å². The number of pyridine rings is 1. The van der Waals surface area contributed by atoms with Crippen molar-refractivity contribution in [2.75, 3.05) is 20.3 Å². The zero-order chi connectivity index (χ0) is 12.9. The molecule has 0 fully saturated rings. The molecule has 1 heterocycles. The quantitative estimate of drug-likeness (QED) is 0.810. The normalized spacial score (nSPS) is 11.3. The van der Waals surface area contributed by atoms with E-state index in [1.54, 1.807) is 25.4 Å². The molecule has 94 valence electrons. The molecule has 4 heteroatoms. The van der Waals surface area contributed by atoms with Gasteiger partial charge in [0.2, 0.25) is 0 Å². The maximum Gasteiger partial charge on any atom is 0.253 e. The molecule has 0 bridgehead atoms. The number of hydrogen-bond donors (Lipinski definition) is 1. The van der Waals surface area contributed by atoms with Crippen LogP contribution in [-0.4, -0.2) is 31.2 Å². The Labute approximate surface area is 102 Å². The van der Waals surface area contributed by atoms with Crippen molar-refractivity contribution in [3.05, 3.63) is 29.6 Å². The van der Waals surface area contributed by atoms with Gasteiger partial charge in [-0.15, -0.1) is 0 Å². The minimum Gasteiger partial charge on any atom is -0.383 e. The van der Waals surface area contributed by atoms with Crippen molar-refractivity contribution in [2.24, 2.45) is 0 Å². The van der Waals surface area contributed by atoms with Crippen LogP contribution in [0.1, 0.15) is 36.8 Å². The fourth-order valence-electron chi connectivity index (χ4n) is 1.55. The van der Waals surface area contributed by atoms with Gasteiger partial charge in [0.05, 0.1) is 17.9 Å². The van der Waals surface area contributed by atoms with Gasteiger partial charge in [-0.1, -0.05) is 20.8 Å². The summed E-state index contributed by atoms with van der Waals surface area (Å²) in [6, 6.07) is 3.58. The number of aromatic nitrogens is 1. The highest BCUT2D eigenvalue weighted by molar-refractivity contribution is 5.95. The first-order valence-electron chi connectivity index (χ1n) is 5.69. The standard InChI is InChI=1S/C13H20N2O2/c1-13(2,3)11-10(6-5-7-14-11)12(16)15-8-9-17-4/h5-7H,8-9H2,1-4H3,(H,15,16). The minimum atomic E-state index is -0.144. The van der Waals surface area contributed by atoms with Crippen LogP contribution in [0.15, 0.2) is 18.3 Å². The smallest absolute Gasteiger partial charge is 0.253 e. The monoisotopic (exact) mass is 236 g/mol. The third kappa shape index (κ3) is 3.82. The lowest BCUT2D eigenvalue weighted by Gasteiger charge is -2.20. The Hall–Kier alpha value is -1.42. The Morgan fingerprint density at radius 3 is 2.76 bits per heavy atom. The van der Waals surface area contributed by atoms with E-state index in [1.165, 1.54) is 0 Å². The summed E-state index contributed by atoms with van der Waals surface area (Å²) >= 11 is 0. The van der Waals surface area contributed by atoms with E-state index >= 15 is 0 Å². The summed E-state index contributed by atoms with van der Waals surface area (Å²) in [5.74, 6) is -0.0972. The number of nitrogens with zero attached hydrogens (tertiary/aromatic N) is 1. The van der Waals surface area contributed by atoms with Crippen LogP contribution in [0.5, 0.6) is 0 Å².